The number of aliphatic carboxylic acids is 1. The zero-order chi connectivity index (χ0) is 12.2. The summed E-state index contributed by atoms with van der Waals surface area (Å²) >= 11 is 0. The topological polar surface area (TPSA) is 66.8 Å². The van der Waals surface area contributed by atoms with Crippen molar-refractivity contribution in [2.75, 3.05) is 6.61 Å². The second-order valence-corrected chi connectivity index (χ2v) is 3.21. The Morgan fingerprint density at radius 1 is 1.31 bits per heavy atom. The van der Waals surface area contributed by atoms with Crippen molar-refractivity contribution in [3.63, 3.8) is 0 Å². The Bertz CT molecular complexity index is 362. The van der Waals surface area contributed by atoms with Crippen LogP contribution in [0.1, 0.15) is 6.42 Å². The van der Waals surface area contributed by atoms with Crippen molar-refractivity contribution in [3.05, 3.63) is 24.3 Å². The largest absolute Gasteiger partial charge is 0.508 e. The highest BCUT2D eigenvalue weighted by Crippen LogP contribution is 2.22. The molecule has 88 valence electrons. The van der Waals surface area contributed by atoms with Gasteiger partial charge in [-0.3, -0.25) is 4.79 Å². The summed E-state index contributed by atoms with van der Waals surface area (Å²) in [6.45, 7) is -1.01. The van der Waals surface area contributed by atoms with E-state index in [4.69, 9.17) is 14.9 Å². The third kappa shape index (κ3) is 4.12. The fraction of sp³-hybridized carbons (Fsp3) is 0.300. The number of phenols is 1. The van der Waals surface area contributed by atoms with Crippen LogP contribution in [-0.4, -0.2) is 28.7 Å². The molecule has 4 nitrogen and oxygen atoms in total. The minimum atomic E-state index is -3.41. The van der Waals surface area contributed by atoms with Gasteiger partial charge in [0, 0.05) is 0 Å². The van der Waals surface area contributed by atoms with E-state index in [0.29, 0.717) is 0 Å². The number of carbonyl (C=O) groups is 1. The van der Waals surface area contributed by atoms with Crippen molar-refractivity contribution in [1.82, 2.24) is 0 Å². The molecule has 1 aromatic rings. The standard InChI is InChI=1S/C10H10F2O4/c11-10(12,5-9(14)15)6-16-8-3-1-7(13)2-4-8/h1-4,13H,5-6H2,(H,14,15). The number of carboxylic acid groups (broad SMARTS) is 1. The highest BCUT2D eigenvalue weighted by molar-refractivity contribution is 5.67. The molecule has 0 bridgehead atoms. The predicted octanol–water partition coefficient (Wildman–Crippen LogP) is 1.88. The fourth-order valence-electron chi connectivity index (χ4n) is 1.00. The Balaban J connectivity index is 2.50. The van der Waals surface area contributed by atoms with E-state index in [1.165, 1.54) is 24.3 Å². The van der Waals surface area contributed by atoms with E-state index in [2.05, 4.69) is 0 Å². The first-order valence-electron chi connectivity index (χ1n) is 4.40. The third-order valence-electron chi connectivity index (χ3n) is 1.70. The first-order chi connectivity index (χ1) is 7.39. The van der Waals surface area contributed by atoms with E-state index in [1.807, 2.05) is 0 Å². The monoisotopic (exact) mass is 232 g/mol. The van der Waals surface area contributed by atoms with E-state index in [1.54, 1.807) is 0 Å². The molecule has 0 aliphatic rings. The number of ether oxygens (including phenoxy) is 1. The molecule has 0 fully saturated rings. The zero-order valence-electron chi connectivity index (χ0n) is 8.19. The quantitative estimate of drug-likeness (QED) is 0.813. The third-order valence-corrected chi connectivity index (χ3v) is 1.70. The molecule has 1 rings (SSSR count). The number of carboxylic acids is 1. The number of phenolic OH excluding ortho intramolecular Hbond substituents is 1. The van der Waals surface area contributed by atoms with Crippen LogP contribution in [0.3, 0.4) is 0 Å². The molecule has 0 saturated carbocycles. The second kappa shape index (κ2) is 4.78. The summed E-state index contributed by atoms with van der Waals surface area (Å²) in [7, 11) is 0. The van der Waals surface area contributed by atoms with E-state index >= 15 is 0 Å². The van der Waals surface area contributed by atoms with Crippen LogP contribution in [0.2, 0.25) is 0 Å². The van der Waals surface area contributed by atoms with Crippen molar-refractivity contribution >= 4 is 5.97 Å². The molecule has 0 unspecified atom stereocenters. The average Bonchev–Trinajstić information content (AvgIpc) is 2.15. The summed E-state index contributed by atoms with van der Waals surface area (Å²) in [6.07, 6.45) is -1.27. The van der Waals surface area contributed by atoms with Gasteiger partial charge in [-0.2, -0.15) is 0 Å². The van der Waals surface area contributed by atoms with Gasteiger partial charge in [-0.1, -0.05) is 0 Å². The molecular weight excluding hydrogens is 222 g/mol. The van der Waals surface area contributed by atoms with Gasteiger partial charge in [-0.05, 0) is 24.3 Å². The van der Waals surface area contributed by atoms with Gasteiger partial charge in [0.25, 0.3) is 5.92 Å². The van der Waals surface area contributed by atoms with Crippen molar-refractivity contribution in [1.29, 1.82) is 0 Å². The molecule has 2 N–H and O–H groups in total. The molecule has 0 aromatic heterocycles. The average molecular weight is 232 g/mol. The van der Waals surface area contributed by atoms with E-state index in [-0.39, 0.29) is 11.5 Å². The van der Waals surface area contributed by atoms with Crippen LogP contribution in [0.25, 0.3) is 0 Å². The number of aromatic hydroxyl groups is 1. The molecule has 0 atom stereocenters. The summed E-state index contributed by atoms with van der Waals surface area (Å²) in [5.41, 5.74) is 0. The van der Waals surface area contributed by atoms with Gasteiger partial charge < -0.3 is 14.9 Å². The Morgan fingerprint density at radius 3 is 2.38 bits per heavy atom. The second-order valence-electron chi connectivity index (χ2n) is 3.21. The molecule has 1 aromatic carbocycles. The summed E-state index contributed by atoms with van der Waals surface area (Å²) in [6, 6.07) is 5.19. The lowest BCUT2D eigenvalue weighted by Crippen LogP contribution is -2.28. The van der Waals surface area contributed by atoms with Crippen LogP contribution in [0.15, 0.2) is 24.3 Å². The molecule has 0 aliphatic heterocycles. The predicted molar refractivity (Wildman–Crippen MR) is 50.8 cm³/mol. The van der Waals surface area contributed by atoms with Gasteiger partial charge in [0.05, 0.1) is 0 Å². The molecule has 0 heterocycles. The van der Waals surface area contributed by atoms with Gasteiger partial charge in [0.1, 0.15) is 17.9 Å². The number of benzene rings is 1. The Labute approximate surface area is 90.1 Å². The Morgan fingerprint density at radius 2 is 1.88 bits per heavy atom. The Kier molecular flexibility index (Phi) is 3.65. The van der Waals surface area contributed by atoms with Gasteiger partial charge >= 0.3 is 5.97 Å². The molecule has 0 amide bonds. The van der Waals surface area contributed by atoms with Crippen LogP contribution in [-0.2, 0) is 4.79 Å². The lowest BCUT2D eigenvalue weighted by Gasteiger charge is -2.14. The van der Waals surface area contributed by atoms with Crippen molar-refractivity contribution in [2.24, 2.45) is 0 Å². The maximum atomic E-state index is 12.9. The summed E-state index contributed by atoms with van der Waals surface area (Å²) in [5, 5.41) is 17.1. The number of hydrogen-bond donors (Lipinski definition) is 2. The van der Waals surface area contributed by atoms with Crippen molar-refractivity contribution in [3.8, 4) is 11.5 Å². The molecule has 6 heteroatoms. The number of rotatable bonds is 5. The molecular formula is C10H10F2O4. The lowest BCUT2D eigenvalue weighted by atomic mass is 10.2. The molecule has 0 aliphatic carbocycles. The minimum Gasteiger partial charge on any atom is -0.508 e. The smallest absolute Gasteiger partial charge is 0.309 e. The molecule has 0 spiro atoms. The summed E-state index contributed by atoms with van der Waals surface area (Å²) in [5.74, 6) is -4.86. The van der Waals surface area contributed by atoms with Gasteiger partial charge in [0.15, 0.2) is 6.61 Å². The van der Waals surface area contributed by atoms with Crippen LogP contribution < -0.4 is 4.74 Å². The molecule has 0 saturated heterocycles. The first-order valence-corrected chi connectivity index (χ1v) is 4.40. The van der Waals surface area contributed by atoms with Gasteiger partial charge in [0.2, 0.25) is 0 Å². The number of alkyl halides is 2. The normalized spacial score (nSPS) is 11.1. The zero-order valence-corrected chi connectivity index (χ0v) is 8.19. The lowest BCUT2D eigenvalue weighted by molar-refractivity contribution is -0.147. The Hall–Kier alpha value is -1.85. The fourth-order valence-corrected chi connectivity index (χ4v) is 1.00. The van der Waals surface area contributed by atoms with Crippen molar-refractivity contribution < 1.29 is 28.5 Å². The van der Waals surface area contributed by atoms with Gasteiger partial charge in [-0.25, -0.2) is 8.78 Å². The molecule has 0 radical (unpaired) electrons. The highest BCUT2D eigenvalue weighted by Gasteiger charge is 2.33. The number of hydrogen-bond acceptors (Lipinski definition) is 3. The van der Waals surface area contributed by atoms with Gasteiger partial charge in [-0.15, -0.1) is 0 Å². The maximum Gasteiger partial charge on any atom is 0.309 e. The maximum absolute atomic E-state index is 12.9. The minimum absolute atomic E-state index is 0.00959. The van der Waals surface area contributed by atoms with E-state index in [0.717, 1.165) is 0 Å². The van der Waals surface area contributed by atoms with Crippen LogP contribution in [0, 0.1) is 0 Å². The SMILES string of the molecule is O=C(O)CC(F)(F)COc1ccc(O)cc1. The first kappa shape index (κ1) is 12.2. The highest BCUT2D eigenvalue weighted by atomic mass is 19.3. The summed E-state index contributed by atoms with van der Waals surface area (Å²) in [4.78, 5) is 10.1. The van der Waals surface area contributed by atoms with Crippen LogP contribution in [0.4, 0.5) is 8.78 Å². The summed E-state index contributed by atoms with van der Waals surface area (Å²) < 4.78 is 30.5. The van der Waals surface area contributed by atoms with Crippen LogP contribution in [0.5, 0.6) is 11.5 Å². The van der Waals surface area contributed by atoms with Crippen LogP contribution >= 0.6 is 0 Å². The molecule has 16 heavy (non-hydrogen) atoms. The van der Waals surface area contributed by atoms with E-state index < -0.39 is 24.9 Å². The van der Waals surface area contributed by atoms with Crippen molar-refractivity contribution in [2.45, 2.75) is 12.3 Å². The van der Waals surface area contributed by atoms with E-state index in [9.17, 15) is 13.6 Å². The number of halogens is 2.